The average Bonchev–Trinajstić information content (AvgIpc) is 2.51. The molecule has 0 saturated carbocycles. The van der Waals surface area contributed by atoms with Crippen LogP contribution < -0.4 is 10.6 Å². The molecule has 1 unspecified atom stereocenters. The second kappa shape index (κ2) is 7.20. The maximum absolute atomic E-state index is 13.7. The van der Waals surface area contributed by atoms with Gasteiger partial charge in [-0.1, -0.05) is 12.1 Å². The Morgan fingerprint density at radius 1 is 1.45 bits per heavy atom. The van der Waals surface area contributed by atoms with E-state index in [2.05, 4.69) is 10.6 Å². The number of ether oxygens (including phenoxy) is 1. The Balaban J connectivity index is 2.09. The van der Waals surface area contributed by atoms with Crippen molar-refractivity contribution in [3.05, 3.63) is 35.1 Å². The van der Waals surface area contributed by atoms with Gasteiger partial charge in [-0.15, -0.1) is 0 Å². The van der Waals surface area contributed by atoms with Gasteiger partial charge in [-0.3, -0.25) is 4.79 Å². The Morgan fingerprint density at radius 2 is 2.14 bits per heavy atom. The number of benzene rings is 1. The van der Waals surface area contributed by atoms with E-state index in [1.807, 2.05) is 13.0 Å². The number of methoxy groups -OCH3 is 1. The summed E-state index contributed by atoms with van der Waals surface area (Å²) >= 11 is 0. The molecule has 1 atom stereocenters. The third-order valence-electron chi connectivity index (χ3n) is 4.51. The first kappa shape index (κ1) is 16.9. The third-order valence-corrected chi connectivity index (χ3v) is 4.51. The Kier molecular flexibility index (Phi) is 5.53. The quantitative estimate of drug-likeness (QED) is 0.878. The summed E-state index contributed by atoms with van der Waals surface area (Å²) in [7, 11) is 1.62. The average molecular weight is 308 g/mol. The highest BCUT2D eigenvalue weighted by Crippen LogP contribution is 2.30. The van der Waals surface area contributed by atoms with Gasteiger partial charge >= 0.3 is 0 Å². The Labute approximate surface area is 131 Å². The molecule has 122 valence electrons. The Hall–Kier alpha value is -1.46. The van der Waals surface area contributed by atoms with Crippen LogP contribution in [0.3, 0.4) is 0 Å². The van der Waals surface area contributed by atoms with E-state index in [1.54, 1.807) is 20.1 Å². The fourth-order valence-corrected chi connectivity index (χ4v) is 2.93. The van der Waals surface area contributed by atoms with Crippen LogP contribution in [0.4, 0.5) is 4.39 Å². The molecule has 1 amide bonds. The van der Waals surface area contributed by atoms with Crippen molar-refractivity contribution < 1.29 is 13.9 Å². The molecule has 0 aliphatic carbocycles. The molecular weight excluding hydrogens is 283 g/mol. The van der Waals surface area contributed by atoms with Crippen molar-refractivity contribution in [3.63, 3.8) is 0 Å². The first-order valence-electron chi connectivity index (χ1n) is 7.75. The van der Waals surface area contributed by atoms with Gasteiger partial charge in [0.2, 0.25) is 5.91 Å². The molecule has 2 rings (SSSR count). The molecule has 4 nitrogen and oxygen atoms in total. The molecule has 0 bridgehead atoms. The van der Waals surface area contributed by atoms with Gasteiger partial charge in [0.15, 0.2) is 0 Å². The van der Waals surface area contributed by atoms with E-state index in [4.69, 9.17) is 4.74 Å². The number of rotatable bonds is 5. The molecule has 5 heteroatoms. The van der Waals surface area contributed by atoms with Crippen LogP contribution in [0, 0.1) is 18.2 Å². The van der Waals surface area contributed by atoms with Gasteiger partial charge in [0, 0.05) is 7.11 Å². The maximum atomic E-state index is 13.7. The van der Waals surface area contributed by atoms with Gasteiger partial charge in [-0.05, 0) is 57.0 Å². The molecule has 1 saturated heterocycles. The fraction of sp³-hybridized carbons (Fsp3) is 0.588. The predicted octanol–water partition coefficient (Wildman–Crippen LogP) is 2.33. The Morgan fingerprint density at radius 3 is 2.73 bits per heavy atom. The fourth-order valence-electron chi connectivity index (χ4n) is 2.93. The normalized spacial score (nSPS) is 18.7. The van der Waals surface area contributed by atoms with Crippen LogP contribution in [0.1, 0.15) is 36.9 Å². The zero-order valence-electron chi connectivity index (χ0n) is 13.5. The zero-order chi connectivity index (χ0) is 16.2. The van der Waals surface area contributed by atoms with Gasteiger partial charge < -0.3 is 15.4 Å². The van der Waals surface area contributed by atoms with Crippen molar-refractivity contribution in [1.82, 2.24) is 10.6 Å². The molecule has 1 aromatic carbocycles. The Bertz CT molecular complexity index is 522. The number of hydrogen-bond donors (Lipinski definition) is 2. The predicted molar refractivity (Wildman–Crippen MR) is 84.1 cm³/mol. The second-order valence-electron chi connectivity index (χ2n) is 6.17. The number of carbonyl (C=O) groups is 1. The zero-order valence-corrected chi connectivity index (χ0v) is 13.5. The summed E-state index contributed by atoms with van der Waals surface area (Å²) in [5.41, 5.74) is 0.895. The van der Waals surface area contributed by atoms with Gasteiger partial charge in [-0.25, -0.2) is 4.39 Å². The smallest absolute Gasteiger partial charge is 0.229 e. The molecule has 0 spiro atoms. The molecular formula is C17H25FN2O2. The minimum atomic E-state index is -0.489. The van der Waals surface area contributed by atoms with E-state index in [0.717, 1.165) is 31.5 Å². The van der Waals surface area contributed by atoms with Crippen LogP contribution >= 0.6 is 0 Å². The van der Waals surface area contributed by atoms with E-state index in [-0.39, 0.29) is 17.8 Å². The van der Waals surface area contributed by atoms with Crippen molar-refractivity contribution in [3.8, 4) is 0 Å². The van der Waals surface area contributed by atoms with Crippen molar-refractivity contribution >= 4 is 5.91 Å². The summed E-state index contributed by atoms with van der Waals surface area (Å²) in [5, 5.41) is 6.29. The van der Waals surface area contributed by atoms with Gasteiger partial charge in [0.25, 0.3) is 0 Å². The number of amides is 1. The molecule has 1 fully saturated rings. The summed E-state index contributed by atoms with van der Waals surface area (Å²) in [6.45, 7) is 5.64. The van der Waals surface area contributed by atoms with Crippen molar-refractivity contribution in [1.29, 1.82) is 0 Å². The summed E-state index contributed by atoms with van der Waals surface area (Å²) in [4.78, 5) is 12.7. The second-order valence-corrected chi connectivity index (χ2v) is 6.17. The lowest BCUT2D eigenvalue weighted by atomic mass is 9.78. The summed E-state index contributed by atoms with van der Waals surface area (Å²) in [6, 6.07) is 4.86. The molecule has 1 heterocycles. The third kappa shape index (κ3) is 3.65. The molecule has 2 N–H and O–H groups in total. The molecule has 1 aliphatic heterocycles. The largest absolute Gasteiger partial charge is 0.384 e. The number of aryl methyl sites for hydroxylation is 1. The lowest BCUT2D eigenvalue weighted by Crippen LogP contribution is -2.50. The van der Waals surface area contributed by atoms with Gasteiger partial charge in [-0.2, -0.15) is 0 Å². The van der Waals surface area contributed by atoms with Gasteiger partial charge in [0.1, 0.15) is 5.82 Å². The van der Waals surface area contributed by atoms with Crippen LogP contribution in [-0.2, 0) is 9.53 Å². The summed E-state index contributed by atoms with van der Waals surface area (Å²) in [5.74, 6) is -0.253. The summed E-state index contributed by atoms with van der Waals surface area (Å²) < 4.78 is 19.0. The molecule has 1 aliphatic rings. The number of nitrogens with one attached hydrogen (secondary N) is 2. The number of carbonyl (C=O) groups excluding carboxylic acids is 1. The van der Waals surface area contributed by atoms with Crippen LogP contribution in [0.2, 0.25) is 0 Å². The highest BCUT2D eigenvalue weighted by molar-refractivity contribution is 5.83. The highest BCUT2D eigenvalue weighted by atomic mass is 19.1. The molecule has 22 heavy (non-hydrogen) atoms. The monoisotopic (exact) mass is 308 g/mol. The van der Waals surface area contributed by atoms with E-state index < -0.39 is 5.41 Å². The van der Waals surface area contributed by atoms with E-state index >= 15 is 0 Å². The van der Waals surface area contributed by atoms with Crippen LogP contribution in [0.15, 0.2) is 18.2 Å². The van der Waals surface area contributed by atoms with Crippen LogP contribution in [0.5, 0.6) is 0 Å². The first-order valence-corrected chi connectivity index (χ1v) is 7.75. The SMILES string of the molecule is COCC1(C(=O)NC(C)c2ccc(C)c(F)c2)CCNCC1. The summed E-state index contributed by atoms with van der Waals surface area (Å²) in [6.07, 6.45) is 1.50. The standard InChI is InChI=1S/C17H25FN2O2/c1-12-4-5-14(10-15(12)18)13(2)20-16(21)17(11-22-3)6-8-19-9-7-17/h4-5,10,13,19H,6-9,11H2,1-3H3,(H,20,21). The van der Waals surface area contributed by atoms with Crippen LogP contribution in [0.25, 0.3) is 0 Å². The van der Waals surface area contributed by atoms with Gasteiger partial charge in [0.05, 0.1) is 18.1 Å². The van der Waals surface area contributed by atoms with Crippen molar-refractivity contribution in [2.75, 3.05) is 26.8 Å². The number of halogens is 1. The number of piperidine rings is 1. The van der Waals surface area contributed by atoms with E-state index in [0.29, 0.717) is 12.2 Å². The lowest BCUT2D eigenvalue weighted by Gasteiger charge is -2.36. The number of hydrogen-bond acceptors (Lipinski definition) is 3. The molecule has 0 aromatic heterocycles. The topological polar surface area (TPSA) is 50.4 Å². The van der Waals surface area contributed by atoms with E-state index in [9.17, 15) is 9.18 Å². The van der Waals surface area contributed by atoms with Crippen molar-refractivity contribution in [2.24, 2.45) is 5.41 Å². The first-order chi connectivity index (χ1) is 10.5. The molecule has 0 radical (unpaired) electrons. The highest BCUT2D eigenvalue weighted by Gasteiger charge is 2.40. The minimum absolute atomic E-state index is 0.00988. The maximum Gasteiger partial charge on any atom is 0.229 e. The van der Waals surface area contributed by atoms with E-state index in [1.165, 1.54) is 6.07 Å². The lowest BCUT2D eigenvalue weighted by molar-refractivity contribution is -0.136. The minimum Gasteiger partial charge on any atom is -0.384 e. The van der Waals surface area contributed by atoms with Crippen molar-refractivity contribution in [2.45, 2.75) is 32.7 Å². The van der Waals surface area contributed by atoms with Crippen LogP contribution in [-0.4, -0.2) is 32.7 Å². The molecule has 1 aromatic rings.